The SMILES string of the molecule is COC1CN(C/C=C/C(=O)N2CC[C@H](C(=O)N(C)[C@H](C(=O)N[C@H]3Cc4cccc(c4)-c4ccc5c(c4)c(c(-c4cccnc4[C@H](C)OC)n5C(C)C)CC(C)(C)COC(=O)[C@@H]4CCCN(N4)C3=O)C(C)C)C2)C1. The monoisotopic (exact) mass is 1000 g/mol. The van der Waals surface area contributed by atoms with E-state index in [1.807, 2.05) is 45.0 Å². The second kappa shape index (κ2) is 22.7. The van der Waals surface area contributed by atoms with Crippen LogP contribution in [0.15, 0.2) is 72.9 Å². The van der Waals surface area contributed by atoms with Gasteiger partial charge in [0.15, 0.2) is 0 Å². The quantitative estimate of drug-likeness (QED) is 0.111. The van der Waals surface area contributed by atoms with Crippen LogP contribution in [0, 0.1) is 17.3 Å². The highest BCUT2D eigenvalue weighted by Gasteiger charge is 2.40. The number of methoxy groups -OCH3 is 2. The largest absolute Gasteiger partial charge is 0.464 e. The fraction of sp³-hybridized carbons (Fsp3) is 0.544. The van der Waals surface area contributed by atoms with Crippen molar-refractivity contribution in [2.45, 2.75) is 117 Å². The number of nitrogens with zero attached hydrogens (tertiary/aromatic N) is 6. The number of hydrogen-bond donors (Lipinski definition) is 2. The summed E-state index contributed by atoms with van der Waals surface area (Å²) in [6, 6.07) is 16.0. The summed E-state index contributed by atoms with van der Waals surface area (Å²) in [6.45, 7) is 17.8. The zero-order chi connectivity index (χ0) is 52.3. The van der Waals surface area contributed by atoms with Crippen molar-refractivity contribution in [1.29, 1.82) is 0 Å². The van der Waals surface area contributed by atoms with Crippen LogP contribution in [0.5, 0.6) is 0 Å². The van der Waals surface area contributed by atoms with Crippen molar-refractivity contribution in [3.8, 4) is 22.4 Å². The minimum absolute atomic E-state index is 0.0779. The molecule has 0 saturated carbocycles. The van der Waals surface area contributed by atoms with Gasteiger partial charge in [0.05, 0.1) is 36.1 Å². The zero-order valence-corrected chi connectivity index (χ0v) is 44.5. The minimum atomic E-state index is -1.06. The Labute approximate surface area is 430 Å². The Balaban J connectivity index is 1.10. The van der Waals surface area contributed by atoms with E-state index >= 15 is 0 Å². The molecule has 16 nitrogen and oxygen atoms in total. The Hall–Kier alpha value is -5.94. The number of likely N-dealkylation sites (tertiary alicyclic amines) is 2. The minimum Gasteiger partial charge on any atom is -0.464 e. The maximum atomic E-state index is 14.8. The van der Waals surface area contributed by atoms with Gasteiger partial charge in [-0.15, -0.1) is 0 Å². The van der Waals surface area contributed by atoms with Gasteiger partial charge in [-0.25, -0.2) is 5.43 Å². The lowest BCUT2D eigenvalue weighted by atomic mass is 9.84. The molecule has 392 valence electrons. The topological polar surface area (TPSA) is 168 Å². The first kappa shape index (κ1) is 53.4. The van der Waals surface area contributed by atoms with Crippen molar-refractivity contribution in [2.24, 2.45) is 17.3 Å². The molecule has 0 aliphatic carbocycles. The number of rotatable bonds is 13. The maximum Gasteiger partial charge on any atom is 0.324 e. The number of carbonyl (C=O) groups is 5. The van der Waals surface area contributed by atoms with E-state index in [2.05, 4.69) is 84.3 Å². The van der Waals surface area contributed by atoms with Gasteiger partial charge in [0.25, 0.3) is 5.91 Å². The van der Waals surface area contributed by atoms with E-state index in [1.165, 1.54) is 9.91 Å². The smallest absolute Gasteiger partial charge is 0.324 e. The Morgan fingerprint density at radius 3 is 2.47 bits per heavy atom. The molecule has 4 aliphatic heterocycles. The van der Waals surface area contributed by atoms with Crippen LogP contribution >= 0.6 is 0 Å². The van der Waals surface area contributed by atoms with Gasteiger partial charge < -0.3 is 33.9 Å². The molecule has 6 heterocycles. The van der Waals surface area contributed by atoms with Crippen LogP contribution in [0.4, 0.5) is 0 Å². The first-order valence-electron chi connectivity index (χ1n) is 26.1. The third-order valence-electron chi connectivity index (χ3n) is 15.2. The van der Waals surface area contributed by atoms with Gasteiger partial charge in [0.2, 0.25) is 17.7 Å². The number of cyclic esters (lactones) is 1. The lowest BCUT2D eigenvalue weighted by Crippen LogP contribution is -2.62. The van der Waals surface area contributed by atoms with E-state index < -0.39 is 47.2 Å². The molecular weight excluding hydrogens is 925 g/mol. The van der Waals surface area contributed by atoms with Crippen LogP contribution in [0.2, 0.25) is 0 Å². The molecule has 4 aromatic rings. The summed E-state index contributed by atoms with van der Waals surface area (Å²) in [7, 11) is 5.03. The number of pyridine rings is 1. The molecule has 2 aromatic carbocycles. The molecule has 8 rings (SSSR count). The summed E-state index contributed by atoms with van der Waals surface area (Å²) < 4.78 is 19.8. The van der Waals surface area contributed by atoms with Gasteiger partial charge in [-0.05, 0) is 98.9 Å². The molecule has 2 aromatic heterocycles. The average molecular weight is 1000 g/mol. The molecule has 5 atom stereocenters. The van der Waals surface area contributed by atoms with Gasteiger partial charge in [-0.2, -0.15) is 0 Å². The van der Waals surface area contributed by atoms with E-state index in [9.17, 15) is 24.0 Å². The first-order valence-corrected chi connectivity index (χ1v) is 26.1. The first-order chi connectivity index (χ1) is 34.9. The summed E-state index contributed by atoms with van der Waals surface area (Å²) >= 11 is 0. The van der Waals surface area contributed by atoms with Gasteiger partial charge >= 0.3 is 5.97 Å². The van der Waals surface area contributed by atoms with E-state index in [-0.39, 0.29) is 55.6 Å². The van der Waals surface area contributed by atoms with Crippen LogP contribution in [0.3, 0.4) is 0 Å². The number of hydrazine groups is 1. The van der Waals surface area contributed by atoms with Crippen LogP contribution in [-0.4, -0.2) is 150 Å². The highest BCUT2D eigenvalue weighted by atomic mass is 16.5. The fourth-order valence-electron chi connectivity index (χ4n) is 11.1. The molecule has 0 unspecified atom stereocenters. The number of amides is 4. The standard InChI is InChI=1S/C57H76N8O8/c1-35(2)51(61(8)54(68)41-22-26-63(31-41)49(66)19-14-24-62-32-42(33-62)72-10)53(67)59-47-28-38-15-11-16-39(27-38)40-20-21-48-44(29-40)45(52(65(48)36(3)4)43-17-12-23-58-50(43)37(5)71-9)30-57(6,7)34-73-56(70)46-18-13-25-64(60-46)55(47)69/h11-12,14-17,19-21,23,27,29,35-37,41-42,46-47,51,60H,13,18,22,24-26,28,30-34H2,1-10H3,(H,59,67)/b19-14+/t37-,41-,46-,47-,51-/m0/s1. The number of hydrogen-bond acceptors (Lipinski definition) is 11. The van der Waals surface area contributed by atoms with E-state index in [4.69, 9.17) is 19.2 Å². The third-order valence-corrected chi connectivity index (χ3v) is 15.2. The van der Waals surface area contributed by atoms with Gasteiger partial charge in [0, 0.05) is 107 Å². The summed E-state index contributed by atoms with van der Waals surface area (Å²) in [5.41, 5.74) is 10.5. The molecule has 3 saturated heterocycles. The molecule has 2 N–H and O–H groups in total. The number of nitrogens with one attached hydrogen (secondary N) is 2. The Morgan fingerprint density at radius 2 is 1.74 bits per heavy atom. The fourth-order valence-corrected chi connectivity index (χ4v) is 11.1. The molecular formula is C57H76N8O8. The molecule has 73 heavy (non-hydrogen) atoms. The lowest BCUT2D eigenvalue weighted by Gasteiger charge is -2.37. The number of ether oxygens (including phenoxy) is 3. The van der Waals surface area contributed by atoms with Gasteiger partial charge in [-0.3, -0.25) is 38.9 Å². The van der Waals surface area contributed by atoms with Crippen molar-refractivity contribution in [3.63, 3.8) is 0 Å². The molecule has 0 radical (unpaired) electrons. The summed E-state index contributed by atoms with van der Waals surface area (Å²) in [6.07, 6.45) is 7.41. The number of benzene rings is 2. The highest BCUT2D eigenvalue weighted by molar-refractivity contribution is 5.96. The maximum absolute atomic E-state index is 14.8. The predicted molar refractivity (Wildman–Crippen MR) is 281 cm³/mol. The van der Waals surface area contributed by atoms with Gasteiger partial charge in [-0.1, -0.05) is 64.1 Å². The Morgan fingerprint density at radius 1 is 0.973 bits per heavy atom. The third kappa shape index (κ3) is 11.7. The second-order valence-corrected chi connectivity index (χ2v) is 22.0. The van der Waals surface area contributed by atoms with E-state index in [1.54, 1.807) is 38.4 Å². The molecule has 6 bridgehead atoms. The van der Waals surface area contributed by atoms with Crippen LogP contribution in [-0.2, 0) is 51.0 Å². The van der Waals surface area contributed by atoms with E-state index in [0.29, 0.717) is 45.3 Å². The Bertz CT molecular complexity index is 2710. The summed E-state index contributed by atoms with van der Waals surface area (Å²) in [5.74, 6) is -2.48. The van der Waals surface area contributed by atoms with Crippen molar-refractivity contribution < 1.29 is 38.2 Å². The normalized spacial score (nSPS) is 21.8. The Kier molecular flexibility index (Phi) is 16.6. The highest BCUT2D eigenvalue weighted by Crippen LogP contribution is 2.43. The second-order valence-electron chi connectivity index (χ2n) is 22.0. The van der Waals surface area contributed by atoms with Crippen molar-refractivity contribution in [2.75, 3.05) is 67.1 Å². The lowest BCUT2D eigenvalue weighted by molar-refractivity contribution is -0.155. The molecule has 4 aliphatic rings. The summed E-state index contributed by atoms with van der Waals surface area (Å²) in [4.78, 5) is 81.2. The zero-order valence-electron chi connectivity index (χ0n) is 44.5. The number of esters is 1. The predicted octanol–water partition coefficient (Wildman–Crippen LogP) is 6.53. The van der Waals surface area contributed by atoms with Crippen molar-refractivity contribution in [3.05, 3.63) is 89.8 Å². The number of carbonyl (C=O) groups excluding carboxylic acids is 5. The molecule has 3 fully saturated rings. The number of likely N-dealkylation sites (N-methyl/N-ethyl adjacent to an activating group) is 1. The summed E-state index contributed by atoms with van der Waals surface area (Å²) in [5, 5.41) is 5.62. The molecule has 4 amide bonds. The van der Waals surface area contributed by atoms with Crippen molar-refractivity contribution >= 4 is 40.5 Å². The molecule has 0 spiro atoms. The van der Waals surface area contributed by atoms with Crippen molar-refractivity contribution in [1.82, 2.24) is 40.0 Å². The number of aromatic nitrogens is 2. The number of fused-ring (bicyclic) bond motifs is 6. The van der Waals surface area contributed by atoms with Crippen LogP contribution in [0.1, 0.15) is 96.7 Å². The average Bonchev–Trinajstić information content (AvgIpc) is 3.98. The van der Waals surface area contributed by atoms with Crippen LogP contribution in [0.25, 0.3) is 33.3 Å². The molecule has 16 heteroatoms. The van der Waals surface area contributed by atoms with Gasteiger partial charge in [0.1, 0.15) is 18.1 Å². The van der Waals surface area contributed by atoms with Crippen LogP contribution < -0.4 is 10.7 Å². The van der Waals surface area contributed by atoms with E-state index in [0.717, 1.165) is 63.2 Å².